The lowest BCUT2D eigenvalue weighted by Gasteiger charge is -2.27. The average molecular weight is 276 g/mol. The van der Waals surface area contributed by atoms with Gasteiger partial charge in [0.05, 0.1) is 12.3 Å². The Kier molecular flexibility index (Phi) is 3.76. The molecule has 6 nitrogen and oxygen atoms in total. The lowest BCUT2D eigenvalue weighted by molar-refractivity contribution is 0.0862. The molecule has 0 saturated carbocycles. The number of fused-ring (bicyclic) bond motifs is 1. The van der Waals surface area contributed by atoms with Crippen molar-refractivity contribution < 1.29 is 9.90 Å². The summed E-state index contributed by atoms with van der Waals surface area (Å²) in [7, 11) is 0. The van der Waals surface area contributed by atoms with E-state index in [-0.39, 0.29) is 5.91 Å². The Morgan fingerprint density at radius 1 is 1.55 bits per heavy atom. The third-order valence-electron chi connectivity index (χ3n) is 2.98. The van der Waals surface area contributed by atoms with Crippen LogP contribution in [0.4, 0.5) is 0 Å². The third kappa shape index (κ3) is 3.14. The molecule has 6 heteroatoms. The highest BCUT2D eigenvalue weighted by Gasteiger charge is 2.24. The number of rotatable bonds is 4. The van der Waals surface area contributed by atoms with Crippen LogP contribution < -0.4 is 5.32 Å². The number of amides is 1. The van der Waals surface area contributed by atoms with E-state index >= 15 is 0 Å². The van der Waals surface area contributed by atoms with E-state index in [2.05, 4.69) is 15.4 Å². The molecule has 0 spiro atoms. The summed E-state index contributed by atoms with van der Waals surface area (Å²) in [5.41, 5.74) is 1.35. The van der Waals surface area contributed by atoms with E-state index in [1.54, 1.807) is 25.3 Å². The standard InChI is InChI=1S/C14H20N4O2/c1-9-7-11(18-12(16-9)5-6-15-18)13(20)17-14(3,4)8-10(2)19/h5-7,10,19H,8H2,1-4H3,(H,17,20). The van der Waals surface area contributed by atoms with Crippen LogP contribution in [0.3, 0.4) is 0 Å². The summed E-state index contributed by atoms with van der Waals surface area (Å²) in [5.74, 6) is -0.227. The molecule has 1 atom stereocenters. The van der Waals surface area contributed by atoms with Crippen molar-refractivity contribution in [3.63, 3.8) is 0 Å². The number of aliphatic hydroxyl groups is 1. The van der Waals surface area contributed by atoms with Gasteiger partial charge in [0, 0.05) is 17.3 Å². The minimum atomic E-state index is -0.498. The van der Waals surface area contributed by atoms with Crippen molar-refractivity contribution in [3.8, 4) is 0 Å². The fraction of sp³-hybridized carbons (Fsp3) is 0.500. The number of carbonyl (C=O) groups is 1. The maximum Gasteiger partial charge on any atom is 0.270 e. The van der Waals surface area contributed by atoms with E-state index in [0.29, 0.717) is 17.8 Å². The Morgan fingerprint density at radius 2 is 2.25 bits per heavy atom. The molecule has 0 aliphatic heterocycles. The lowest BCUT2D eigenvalue weighted by Crippen LogP contribution is -2.45. The number of aromatic nitrogens is 3. The van der Waals surface area contributed by atoms with Crippen molar-refractivity contribution in [2.75, 3.05) is 0 Å². The number of nitrogens with one attached hydrogen (secondary N) is 1. The molecule has 20 heavy (non-hydrogen) atoms. The second-order valence-electron chi connectivity index (χ2n) is 5.78. The van der Waals surface area contributed by atoms with Gasteiger partial charge in [0.2, 0.25) is 0 Å². The largest absolute Gasteiger partial charge is 0.393 e. The first kappa shape index (κ1) is 14.5. The van der Waals surface area contributed by atoms with Gasteiger partial charge in [-0.2, -0.15) is 5.10 Å². The topological polar surface area (TPSA) is 79.5 Å². The summed E-state index contributed by atoms with van der Waals surface area (Å²) in [5, 5.41) is 16.5. The van der Waals surface area contributed by atoms with Crippen molar-refractivity contribution >= 4 is 11.6 Å². The van der Waals surface area contributed by atoms with Crippen LogP contribution in [0.25, 0.3) is 5.65 Å². The molecule has 2 N–H and O–H groups in total. The zero-order valence-electron chi connectivity index (χ0n) is 12.2. The molecule has 1 unspecified atom stereocenters. The van der Waals surface area contributed by atoms with Gasteiger partial charge in [-0.1, -0.05) is 0 Å². The van der Waals surface area contributed by atoms with E-state index in [9.17, 15) is 9.90 Å². The molecule has 0 aromatic carbocycles. The maximum absolute atomic E-state index is 12.4. The number of aryl methyl sites for hydroxylation is 1. The Hall–Kier alpha value is -1.95. The average Bonchev–Trinajstić information content (AvgIpc) is 2.72. The van der Waals surface area contributed by atoms with Crippen molar-refractivity contribution in [3.05, 3.63) is 29.7 Å². The molecule has 2 aromatic heterocycles. The zero-order chi connectivity index (χ0) is 14.9. The van der Waals surface area contributed by atoms with Gasteiger partial charge in [0.25, 0.3) is 5.91 Å². The number of hydrogen-bond donors (Lipinski definition) is 2. The van der Waals surface area contributed by atoms with Crippen LogP contribution in [-0.4, -0.2) is 37.3 Å². The minimum absolute atomic E-state index is 0.227. The molecule has 0 aliphatic rings. The Bertz CT molecular complexity index is 631. The molecule has 0 aliphatic carbocycles. The molecule has 0 radical (unpaired) electrons. The van der Waals surface area contributed by atoms with Gasteiger partial charge in [0.1, 0.15) is 5.69 Å². The second kappa shape index (κ2) is 5.20. The van der Waals surface area contributed by atoms with Crippen LogP contribution >= 0.6 is 0 Å². The quantitative estimate of drug-likeness (QED) is 0.882. The van der Waals surface area contributed by atoms with Gasteiger partial charge in [-0.25, -0.2) is 9.50 Å². The molecule has 2 rings (SSSR count). The molecule has 2 aromatic rings. The van der Waals surface area contributed by atoms with E-state index in [1.807, 2.05) is 20.8 Å². The van der Waals surface area contributed by atoms with Crippen molar-refractivity contribution in [2.24, 2.45) is 0 Å². The monoisotopic (exact) mass is 276 g/mol. The Morgan fingerprint density at radius 3 is 2.90 bits per heavy atom. The van der Waals surface area contributed by atoms with Crippen molar-refractivity contribution in [2.45, 2.75) is 45.8 Å². The highest BCUT2D eigenvalue weighted by Crippen LogP contribution is 2.14. The smallest absolute Gasteiger partial charge is 0.270 e. The van der Waals surface area contributed by atoms with Gasteiger partial charge in [-0.3, -0.25) is 4.79 Å². The van der Waals surface area contributed by atoms with E-state index in [1.165, 1.54) is 4.52 Å². The normalized spacial score (nSPS) is 13.4. The third-order valence-corrected chi connectivity index (χ3v) is 2.98. The minimum Gasteiger partial charge on any atom is -0.393 e. The number of hydrogen-bond acceptors (Lipinski definition) is 4. The fourth-order valence-corrected chi connectivity index (χ4v) is 2.36. The van der Waals surface area contributed by atoms with Crippen LogP contribution in [0, 0.1) is 6.92 Å². The highest BCUT2D eigenvalue weighted by molar-refractivity contribution is 5.93. The summed E-state index contributed by atoms with van der Waals surface area (Å²) in [6.07, 6.45) is 1.61. The van der Waals surface area contributed by atoms with Crippen molar-refractivity contribution in [1.29, 1.82) is 0 Å². The van der Waals surface area contributed by atoms with Gasteiger partial charge in [0.15, 0.2) is 5.65 Å². The number of nitrogens with zero attached hydrogens (tertiary/aromatic N) is 3. The summed E-state index contributed by atoms with van der Waals surface area (Å²) >= 11 is 0. The van der Waals surface area contributed by atoms with Crippen LogP contribution in [0.2, 0.25) is 0 Å². The van der Waals surface area contributed by atoms with Gasteiger partial charge in [-0.15, -0.1) is 0 Å². The lowest BCUT2D eigenvalue weighted by atomic mass is 9.97. The van der Waals surface area contributed by atoms with Crippen LogP contribution in [0.5, 0.6) is 0 Å². The van der Waals surface area contributed by atoms with Gasteiger partial charge < -0.3 is 10.4 Å². The Labute approximate surface area is 117 Å². The molecule has 1 amide bonds. The predicted molar refractivity (Wildman–Crippen MR) is 75.6 cm³/mol. The first-order chi connectivity index (χ1) is 9.28. The summed E-state index contributed by atoms with van der Waals surface area (Å²) in [4.78, 5) is 16.7. The SMILES string of the molecule is Cc1cc(C(=O)NC(C)(C)CC(C)O)n2nccc2n1. The number of aliphatic hydroxyl groups excluding tert-OH is 1. The molecule has 108 valence electrons. The summed E-state index contributed by atoms with van der Waals surface area (Å²) < 4.78 is 1.51. The Balaban J connectivity index is 2.30. The fourth-order valence-electron chi connectivity index (χ4n) is 2.36. The van der Waals surface area contributed by atoms with E-state index in [4.69, 9.17) is 0 Å². The molecule has 0 bridgehead atoms. The summed E-state index contributed by atoms with van der Waals surface area (Å²) in [6.45, 7) is 7.30. The van der Waals surface area contributed by atoms with E-state index in [0.717, 1.165) is 5.69 Å². The van der Waals surface area contributed by atoms with Crippen LogP contribution in [-0.2, 0) is 0 Å². The first-order valence-corrected chi connectivity index (χ1v) is 6.60. The molecular formula is C14H20N4O2. The predicted octanol–water partition coefficient (Wildman–Crippen LogP) is 1.32. The van der Waals surface area contributed by atoms with Gasteiger partial charge in [-0.05, 0) is 40.2 Å². The molecular weight excluding hydrogens is 256 g/mol. The van der Waals surface area contributed by atoms with E-state index < -0.39 is 11.6 Å². The zero-order valence-corrected chi connectivity index (χ0v) is 12.2. The number of carbonyl (C=O) groups excluding carboxylic acids is 1. The second-order valence-corrected chi connectivity index (χ2v) is 5.78. The molecule has 2 heterocycles. The van der Waals surface area contributed by atoms with Crippen LogP contribution in [0.15, 0.2) is 18.3 Å². The first-order valence-electron chi connectivity index (χ1n) is 6.60. The van der Waals surface area contributed by atoms with Crippen molar-refractivity contribution in [1.82, 2.24) is 19.9 Å². The molecule has 0 fully saturated rings. The highest BCUT2D eigenvalue weighted by atomic mass is 16.3. The van der Waals surface area contributed by atoms with Gasteiger partial charge >= 0.3 is 0 Å². The summed E-state index contributed by atoms with van der Waals surface area (Å²) in [6, 6.07) is 3.46. The molecule has 0 saturated heterocycles. The van der Waals surface area contributed by atoms with Crippen LogP contribution in [0.1, 0.15) is 43.4 Å². The maximum atomic E-state index is 12.4.